The van der Waals surface area contributed by atoms with E-state index in [4.69, 9.17) is 16.9 Å². The lowest BCUT2D eigenvalue weighted by Gasteiger charge is -2.31. The van der Waals surface area contributed by atoms with E-state index in [-0.39, 0.29) is 24.3 Å². The van der Waals surface area contributed by atoms with Gasteiger partial charge in [0.1, 0.15) is 11.9 Å². The van der Waals surface area contributed by atoms with Crippen molar-refractivity contribution >= 4 is 50.9 Å². The van der Waals surface area contributed by atoms with Gasteiger partial charge in [0.05, 0.1) is 23.0 Å². The number of carbonyl (C=O) groups excluding carboxylic acids is 2. The average molecular weight is 477 g/mol. The molecule has 2 aromatic rings. The Morgan fingerprint density at radius 2 is 2.14 bits per heavy atom. The number of carbonyl (C=O) groups is 2. The number of hydrogen-bond donors (Lipinski definition) is 2. The Balaban J connectivity index is 1.53. The molecule has 1 aromatic heterocycles. The molecule has 2 amide bonds. The van der Waals surface area contributed by atoms with Gasteiger partial charge in [0.15, 0.2) is 0 Å². The highest BCUT2D eigenvalue weighted by atomic mass is 79.9. The van der Waals surface area contributed by atoms with Crippen molar-refractivity contribution in [1.82, 2.24) is 9.88 Å². The fourth-order valence-electron chi connectivity index (χ4n) is 3.18. The summed E-state index contributed by atoms with van der Waals surface area (Å²) in [5.74, 6) is 0.0160. The number of amides is 2. The predicted octanol–water partition coefficient (Wildman–Crippen LogP) is 3.66. The van der Waals surface area contributed by atoms with Gasteiger partial charge in [-0.3, -0.25) is 14.5 Å². The number of anilines is 2. The first-order valence-electron chi connectivity index (χ1n) is 9.09. The summed E-state index contributed by atoms with van der Waals surface area (Å²) in [4.78, 5) is 31.0. The molecule has 2 N–H and O–H groups in total. The summed E-state index contributed by atoms with van der Waals surface area (Å²) in [6, 6.07) is 10.3. The Hall–Kier alpha value is -2.47. The largest absolute Gasteiger partial charge is 0.325 e. The highest BCUT2D eigenvalue weighted by Crippen LogP contribution is 2.21. The quantitative estimate of drug-likeness (QED) is 0.686. The van der Waals surface area contributed by atoms with Crippen molar-refractivity contribution in [1.29, 1.82) is 5.26 Å². The first-order valence-corrected chi connectivity index (χ1v) is 10.3. The minimum Gasteiger partial charge on any atom is -0.325 e. The number of nitriles is 1. The van der Waals surface area contributed by atoms with Crippen molar-refractivity contribution in [3.63, 3.8) is 0 Å². The second-order valence-corrected chi connectivity index (χ2v) is 8.10. The molecule has 7 nitrogen and oxygen atoms in total. The molecular weight excluding hydrogens is 458 g/mol. The molecule has 9 heteroatoms. The second-order valence-electron chi connectivity index (χ2n) is 6.78. The van der Waals surface area contributed by atoms with Crippen molar-refractivity contribution in [2.45, 2.75) is 12.8 Å². The third-order valence-corrected chi connectivity index (χ3v) is 5.38. The lowest BCUT2D eigenvalue weighted by molar-refractivity contribution is -0.123. The summed E-state index contributed by atoms with van der Waals surface area (Å²) >= 11 is 9.31. The van der Waals surface area contributed by atoms with Gasteiger partial charge in [-0.15, -0.1) is 0 Å². The molecule has 1 aliphatic heterocycles. The van der Waals surface area contributed by atoms with Crippen LogP contribution in [0.5, 0.6) is 0 Å². The summed E-state index contributed by atoms with van der Waals surface area (Å²) in [5, 5.41) is 14.8. The number of aromatic nitrogens is 1. The van der Waals surface area contributed by atoms with Crippen LogP contribution in [0.1, 0.15) is 18.4 Å². The van der Waals surface area contributed by atoms with E-state index < -0.39 is 0 Å². The summed E-state index contributed by atoms with van der Waals surface area (Å²) in [7, 11) is 0. The van der Waals surface area contributed by atoms with Gasteiger partial charge in [-0.05, 0) is 65.6 Å². The number of nitrogens with zero attached hydrogens (tertiary/aromatic N) is 3. The monoisotopic (exact) mass is 475 g/mol. The Bertz CT molecular complexity index is 945. The minimum absolute atomic E-state index is 0.0937. The predicted molar refractivity (Wildman–Crippen MR) is 115 cm³/mol. The van der Waals surface area contributed by atoms with E-state index in [0.717, 1.165) is 23.9 Å². The number of likely N-dealkylation sites (tertiary alicyclic amines) is 1. The Morgan fingerprint density at radius 1 is 1.31 bits per heavy atom. The average Bonchev–Trinajstić information content (AvgIpc) is 2.70. The van der Waals surface area contributed by atoms with Crippen LogP contribution >= 0.6 is 27.5 Å². The molecule has 1 aliphatic rings. The second kappa shape index (κ2) is 9.83. The molecule has 0 bridgehead atoms. The van der Waals surface area contributed by atoms with Gasteiger partial charge < -0.3 is 10.6 Å². The fourth-order valence-corrected chi connectivity index (χ4v) is 3.64. The number of hydrogen-bond acceptors (Lipinski definition) is 5. The zero-order chi connectivity index (χ0) is 20.8. The van der Waals surface area contributed by atoms with E-state index in [2.05, 4.69) is 31.5 Å². The van der Waals surface area contributed by atoms with Crippen LogP contribution < -0.4 is 10.6 Å². The number of halogens is 2. The normalized spacial score (nSPS) is 16.7. The standard InChI is InChI=1S/C20H19BrClN5O2/c21-15-4-6-18(24-10-15)26-20(29)14-2-1-7-27(11-14)12-19(28)25-16-5-3-13(9-23)17(22)8-16/h3-6,8,10,14H,1-2,7,11-12H2,(H,25,28)(H,24,26,29). The molecule has 0 saturated carbocycles. The summed E-state index contributed by atoms with van der Waals surface area (Å²) in [6.07, 6.45) is 3.23. The van der Waals surface area contributed by atoms with E-state index in [0.29, 0.717) is 28.6 Å². The van der Waals surface area contributed by atoms with E-state index in [1.165, 1.54) is 0 Å². The van der Waals surface area contributed by atoms with Gasteiger partial charge in [0, 0.05) is 22.9 Å². The molecule has 1 unspecified atom stereocenters. The van der Waals surface area contributed by atoms with Crippen molar-refractivity contribution in [2.24, 2.45) is 5.92 Å². The van der Waals surface area contributed by atoms with Gasteiger partial charge in [-0.25, -0.2) is 4.98 Å². The number of piperidine rings is 1. The van der Waals surface area contributed by atoms with E-state index >= 15 is 0 Å². The van der Waals surface area contributed by atoms with Gasteiger partial charge in [-0.1, -0.05) is 11.6 Å². The number of benzene rings is 1. The van der Waals surface area contributed by atoms with Crippen molar-refractivity contribution in [2.75, 3.05) is 30.3 Å². The molecule has 0 spiro atoms. The lowest BCUT2D eigenvalue weighted by atomic mass is 9.97. The molecule has 1 atom stereocenters. The maximum Gasteiger partial charge on any atom is 0.238 e. The van der Waals surface area contributed by atoms with Gasteiger partial charge in [-0.2, -0.15) is 5.26 Å². The van der Waals surface area contributed by atoms with Crippen LogP contribution in [-0.2, 0) is 9.59 Å². The smallest absolute Gasteiger partial charge is 0.238 e. The van der Waals surface area contributed by atoms with Crippen LogP contribution in [0.2, 0.25) is 5.02 Å². The van der Waals surface area contributed by atoms with E-state index in [1.807, 2.05) is 17.0 Å². The van der Waals surface area contributed by atoms with Crippen molar-refractivity contribution in [3.05, 3.63) is 51.6 Å². The molecule has 1 saturated heterocycles. The van der Waals surface area contributed by atoms with Gasteiger partial charge in [0.2, 0.25) is 11.8 Å². The lowest BCUT2D eigenvalue weighted by Crippen LogP contribution is -2.44. The molecule has 150 valence electrons. The molecule has 0 radical (unpaired) electrons. The van der Waals surface area contributed by atoms with Crippen molar-refractivity contribution in [3.8, 4) is 6.07 Å². The van der Waals surface area contributed by atoms with Gasteiger partial charge in [0.25, 0.3) is 0 Å². The molecule has 1 aromatic carbocycles. The fraction of sp³-hybridized carbons (Fsp3) is 0.300. The van der Waals surface area contributed by atoms with Crippen molar-refractivity contribution < 1.29 is 9.59 Å². The van der Waals surface area contributed by atoms with Crippen LogP contribution in [0.4, 0.5) is 11.5 Å². The highest BCUT2D eigenvalue weighted by Gasteiger charge is 2.27. The number of nitrogens with one attached hydrogen (secondary N) is 2. The first-order chi connectivity index (χ1) is 13.9. The zero-order valence-electron chi connectivity index (χ0n) is 15.5. The number of pyridine rings is 1. The molecule has 2 heterocycles. The summed E-state index contributed by atoms with van der Waals surface area (Å²) < 4.78 is 0.842. The third kappa shape index (κ3) is 6.00. The topological polar surface area (TPSA) is 98.1 Å². The minimum atomic E-state index is -0.202. The van der Waals surface area contributed by atoms with Crippen LogP contribution in [0, 0.1) is 17.2 Å². The maximum absolute atomic E-state index is 12.5. The summed E-state index contributed by atoms with van der Waals surface area (Å²) in [5.41, 5.74) is 0.890. The molecule has 1 fully saturated rings. The molecule has 29 heavy (non-hydrogen) atoms. The zero-order valence-corrected chi connectivity index (χ0v) is 17.8. The van der Waals surface area contributed by atoms with Crippen LogP contribution in [0.3, 0.4) is 0 Å². The molecule has 3 rings (SSSR count). The third-order valence-electron chi connectivity index (χ3n) is 4.60. The molecule has 0 aliphatic carbocycles. The SMILES string of the molecule is N#Cc1ccc(NC(=O)CN2CCCC(C(=O)Nc3ccc(Br)cn3)C2)cc1Cl. The Morgan fingerprint density at radius 3 is 2.83 bits per heavy atom. The highest BCUT2D eigenvalue weighted by molar-refractivity contribution is 9.10. The van der Waals surface area contributed by atoms with Crippen LogP contribution in [0.25, 0.3) is 0 Å². The van der Waals surface area contributed by atoms with Crippen LogP contribution in [-0.4, -0.2) is 41.3 Å². The molecular formula is C20H19BrClN5O2. The summed E-state index contributed by atoms with van der Waals surface area (Å²) in [6.45, 7) is 1.43. The van der Waals surface area contributed by atoms with Crippen LogP contribution in [0.15, 0.2) is 41.0 Å². The van der Waals surface area contributed by atoms with E-state index in [1.54, 1.807) is 30.5 Å². The Kier molecular flexibility index (Phi) is 7.20. The number of rotatable bonds is 5. The maximum atomic E-state index is 12.5. The Labute approximate surface area is 182 Å². The van der Waals surface area contributed by atoms with Gasteiger partial charge >= 0.3 is 0 Å². The van der Waals surface area contributed by atoms with E-state index in [9.17, 15) is 9.59 Å². The first kappa shape index (κ1) is 21.2.